The summed E-state index contributed by atoms with van der Waals surface area (Å²) >= 11 is 0. The summed E-state index contributed by atoms with van der Waals surface area (Å²) in [6.45, 7) is 0. The molecule has 59 heavy (non-hydrogen) atoms. The summed E-state index contributed by atoms with van der Waals surface area (Å²) in [5.41, 5.74) is 10.6. The molecule has 12 rings (SSSR count). The van der Waals surface area contributed by atoms with Crippen LogP contribution in [-0.2, 0) is 0 Å². The highest BCUT2D eigenvalue weighted by atomic mass is 16.3. The zero-order valence-corrected chi connectivity index (χ0v) is 31.7. The number of nitrogens with zero attached hydrogens (tertiary/aromatic N) is 2. The maximum atomic E-state index is 8.63. The van der Waals surface area contributed by atoms with Crippen molar-refractivity contribution in [3.05, 3.63) is 218 Å². The van der Waals surface area contributed by atoms with Crippen molar-refractivity contribution in [2.24, 2.45) is 0 Å². The Kier molecular flexibility index (Phi) is 6.46. The zero-order valence-electron chi connectivity index (χ0n) is 36.7. The van der Waals surface area contributed by atoms with Gasteiger partial charge in [-0.2, -0.15) is 0 Å². The van der Waals surface area contributed by atoms with Crippen molar-refractivity contribution < 1.29 is 11.3 Å². The SMILES string of the molecule is [2H]c1c([2H])c([2H])c(-c2ccc(N(c3ccc4ccc(-c5ccc6c(c5)c5ccccc5n6-c5ccccc5)cc4c3)c3ccc4c(c3)oc3c5ccccc5ccc43)cc2)c([2H])c1[2H]. The summed E-state index contributed by atoms with van der Waals surface area (Å²) < 4.78 is 50.9. The number of anilines is 3. The Labute approximate surface area is 348 Å². The van der Waals surface area contributed by atoms with Crippen LogP contribution in [-0.4, -0.2) is 4.57 Å². The van der Waals surface area contributed by atoms with Crippen LogP contribution in [0.5, 0.6) is 0 Å². The summed E-state index contributed by atoms with van der Waals surface area (Å²) in [4.78, 5) is 2.17. The smallest absolute Gasteiger partial charge is 0.143 e. The first kappa shape index (κ1) is 28.5. The van der Waals surface area contributed by atoms with E-state index in [9.17, 15) is 0 Å². The monoisotopic (exact) mass is 757 g/mol. The third-order valence-corrected chi connectivity index (χ3v) is 11.6. The van der Waals surface area contributed by atoms with Crippen molar-refractivity contribution in [1.29, 1.82) is 0 Å². The molecule has 0 aliphatic carbocycles. The van der Waals surface area contributed by atoms with Crippen LogP contribution in [0.3, 0.4) is 0 Å². The summed E-state index contributed by atoms with van der Waals surface area (Å²) in [6.07, 6.45) is 0. The van der Waals surface area contributed by atoms with E-state index in [0.717, 1.165) is 82.9 Å². The van der Waals surface area contributed by atoms with Gasteiger partial charge in [0.05, 0.1) is 17.9 Å². The van der Waals surface area contributed by atoms with Gasteiger partial charge in [0.25, 0.3) is 0 Å². The Hall–Kier alpha value is -7.88. The Morgan fingerprint density at radius 2 is 1.03 bits per heavy atom. The summed E-state index contributed by atoms with van der Waals surface area (Å²) in [5, 5.41) is 8.81. The van der Waals surface area contributed by atoms with Crippen molar-refractivity contribution in [1.82, 2.24) is 4.57 Å². The van der Waals surface area contributed by atoms with Crippen LogP contribution in [0.15, 0.2) is 223 Å². The van der Waals surface area contributed by atoms with Gasteiger partial charge in [0.2, 0.25) is 0 Å². The van der Waals surface area contributed by atoms with E-state index in [-0.39, 0.29) is 29.7 Å². The van der Waals surface area contributed by atoms with E-state index in [2.05, 4.69) is 155 Å². The topological polar surface area (TPSA) is 21.3 Å². The number of benzene rings is 10. The van der Waals surface area contributed by atoms with E-state index in [0.29, 0.717) is 5.56 Å². The van der Waals surface area contributed by atoms with E-state index in [1.165, 1.54) is 16.3 Å². The highest BCUT2D eigenvalue weighted by molar-refractivity contribution is 6.15. The molecule has 0 spiro atoms. The minimum Gasteiger partial charge on any atom is -0.455 e. The van der Waals surface area contributed by atoms with Gasteiger partial charge in [0, 0.05) is 55.7 Å². The average molecular weight is 758 g/mol. The van der Waals surface area contributed by atoms with E-state index in [4.69, 9.17) is 11.3 Å². The summed E-state index contributed by atoms with van der Waals surface area (Å²) in [6, 6.07) is 63.6. The first-order chi connectivity index (χ1) is 31.3. The van der Waals surface area contributed by atoms with Gasteiger partial charge in [-0.3, -0.25) is 0 Å². The number of hydrogen-bond acceptors (Lipinski definition) is 2. The van der Waals surface area contributed by atoms with E-state index in [1.807, 2.05) is 42.5 Å². The molecule has 0 N–H and O–H groups in total. The van der Waals surface area contributed by atoms with E-state index < -0.39 is 6.04 Å². The maximum Gasteiger partial charge on any atom is 0.143 e. The van der Waals surface area contributed by atoms with Gasteiger partial charge in [-0.15, -0.1) is 0 Å². The molecule has 2 aromatic heterocycles. The van der Waals surface area contributed by atoms with Gasteiger partial charge >= 0.3 is 0 Å². The molecule has 0 aliphatic heterocycles. The molecular weight excluding hydrogens is 717 g/mol. The van der Waals surface area contributed by atoms with Gasteiger partial charge in [0.15, 0.2) is 0 Å². The maximum absolute atomic E-state index is 8.63. The van der Waals surface area contributed by atoms with Crippen LogP contribution in [0.4, 0.5) is 17.1 Å². The Morgan fingerprint density at radius 1 is 0.390 bits per heavy atom. The lowest BCUT2D eigenvalue weighted by molar-refractivity contribution is 0.672. The lowest BCUT2D eigenvalue weighted by atomic mass is 9.99. The van der Waals surface area contributed by atoms with Crippen LogP contribution in [0, 0.1) is 0 Å². The quantitative estimate of drug-likeness (QED) is 0.168. The number of para-hydroxylation sites is 2. The Morgan fingerprint density at radius 3 is 1.92 bits per heavy atom. The van der Waals surface area contributed by atoms with Gasteiger partial charge in [-0.25, -0.2) is 0 Å². The lowest BCUT2D eigenvalue weighted by Gasteiger charge is -2.26. The zero-order chi connectivity index (χ0) is 43.2. The van der Waals surface area contributed by atoms with Gasteiger partial charge in [-0.1, -0.05) is 133 Å². The Balaban J connectivity index is 1.00. The number of hydrogen-bond donors (Lipinski definition) is 0. The van der Waals surface area contributed by atoms with Crippen LogP contribution in [0.25, 0.3) is 93.2 Å². The molecule has 0 bridgehead atoms. The molecule has 0 radical (unpaired) electrons. The summed E-state index contributed by atoms with van der Waals surface area (Å²) in [5.74, 6) is 0. The third-order valence-electron chi connectivity index (χ3n) is 11.6. The van der Waals surface area contributed by atoms with Crippen LogP contribution in [0.2, 0.25) is 0 Å². The number of rotatable bonds is 6. The third kappa shape index (κ3) is 5.51. The number of fused-ring (bicyclic) bond motifs is 9. The van der Waals surface area contributed by atoms with Crippen LogP contribution < -0.4 is 4.90 Å². The largest absolute Gasteiger partial charge is 0.455 e. The molecule has 2 heterocycles. The molecule has 3 nitrogen and oxygen atoms in total. The second-order valence-electron chi connectivity index (χ2n) is 15.0. The van der Waals surface area contributed by atoms with Gasteiger partial charge in [0.1, 0.15) is 11.2 Å². The molecule has 0 saturated heterocycles. The standard InChI is InChI=1S/C56H36N2O/c1-3-11-37(12-4-1)38-21-26-45(27-22-38)57(47-29-31-50-51-30-24-40-13-7-8-16-48(40)56(51)59-55(50)36-47)46-28-23-39-19-20-41(33-43(39)34-46)42-25-32-54-52(35-42)49-17-9-10-18-53(49)58(54)44-14-5-2-6-15-44/h1-36H/i1D,3D,4D,11D,12D. The number of aromatic nitrogens is 1. The van der Waals surface area contributed by atoms with E-state index in [1.54, 1.807) is 0 Å². The molecule has 0 amide bonds. The Bertz CT molecular complexity index is 3830. The molecule has 0 saturated carbocycles. The molecule has 10 aromatic carbocycles. The second kappa shape index (κ2) is 13.4. The van der Waals surface area contributed by atoms with E-state index >= 15 is 0 Å². The molecular formula is C56H36N2O. The van der Waals surface area contributed by atoms with Crippen molar-refractivity contribution >= 4 is 82.4 Å². The lowest BCUT2D eigenvalue weighted by Crippen LogP contribution is -2.09. The van der Waals surface area contributed by atoms with Crippen LogP contribution >= 0.6 is 0 Å². The highest BCUT2D eigenvalue weighted by Gasteiger charge is 2.18. The normalized spacial score (nSPS) is 12.9. The second-order valence-corrected chi connectivity index (χ2v) is 15.0. The van der Waals surface area contributed by atoms with Crippen LogP contribution in [0.1, 0.15) is 6.85 Å². The first-order valence-corrected chi connectivity index (χ1v) is 19.7. The summed E-state index contributed by atoms with van der Waals surface area (Å²) in [7, 11) is 0. The molecule has 0 fully saturated rings. The minimum atomic E-state index is -0.411. The highest BCUT2D eigenvalue weighted by Crippen LogP contribution is 2.42. The van der Waals surface area contributed by atoms with Gasteiger partial charge in [-0.05, 0) is 117 Å². The van der Waals surface area contributed by atoms with Crippen molar-refractivity contribution in [2.45, 2.75) is 0 Å². The van der Waals surface area contributed by atoms with Crippen molar-refractivity contribution in [3.8, 4) is 27.9 Å². The molecule has 0 aliphatic rings. The molecule has 276 valence electrons. The fourth-order valence-electron chi connectivity index (χ4n) is 8.81. The fraction of sp³-hybridized carbons (Fsp3) is 0. The predicted octanol–water partition coefficient (Wildman–Crippen LogP) is 15.8. The van der Waals surface area contributed by atoms with Crippen molar-refractivity contribution in [3.63, 3.8) is 0 Å². The molecule has 0 atom stereocenters. The molecule has 12 aromatic rings. The minimum absolute atomic E-state index is 0.168. The van der Waals surface area contributed by atoms with Gasteiger partial charge < -0.3 is 13.9 Å². The first-order valence-electron chi connectivity index (χ1n) is 22.2. The fourth-order valence-corrected chi connectivity index (χ4v) is 8.81. The predicted molar refractivity (Wildman–Crippen MR) is 249 cm³/mol. The number of furan rings is 1. The van der Waals surface area contributed by atoms with Crippen molar-refractivity contribution in [2.75, 3.05) is 4.90 Å². The molecule has 0 unspecified atom stereocenters. The molecule has 3 heteroatoms. The average Bonchev–Trinajstić information content (AvgIpc) is 3.89.